The zero-order chi connectivity index (χ0) is 19.5. The highest BCUT2D eigenvalue weighted by Crippen LogP contribution is 2.18. The molecule has 2 saturated heterocycles. The number of piperazine rings is 1. The van der Waals surface area contributed by atoms with E-state index in [0.717, 1.165) is 23.7 Å². The van der Waals surface area contributed by atoms with Crippen LogP contribution < -0.4 is 10.2 Å². The molecule has 1 N–H and O–H groups in total. The lowest BCUT2D eigenvalue weighted by atomic mass is 10.1. The van der Waals surface area contributed by atoms with Crippen molar-refractivity contribution in [1.29, 1.82) is 0 Å². The summed E-state index contributed by atoms with van der Waals surface area (Å²) >= 11 is 0. The van der Waals surface area contributed by atoms with Crippen molar-refractivity contribution in [3.63, 3.8) is 0 Å². The van der Waals surface area contributed by atoms with Gasteiger partial charge in [0.25, 0.3) is 11.8 Å². The number of benzene rings is 1. The Morgan fingerprint density at radius 1 is 0.964 bits per heavy atom. The third-order valence-corrected chi connectivity index (χ3v) is 4.83. The molecule has 0 unspecified atom stereocenters. The Hall–Kier alpha value is -3.55. The van der Waals surface area contributed by atoms with Crippen LogP contribution in [0.25, 0.3) is 0 Å². The molecule has 0 atom stereocenters. The smallest absolute Gasteiger partial charge is 0.331 e. The number of furan rings is 1. The molecule has 8 nitrogen and oxygen atoms in total. The summed E-state index contributed by atoms with van der Waals surface area (Å²) in [6, 6.07) is 12.7. The Labute approximate surface area is 162 Å². The Morgan fingerprint density at radius 2 is 1.71 bits per heavy atom. The SMILES string of the molecule is O=C1NC(=O)N(Cc2ccco2)C(=O)/C1=C\N1CCN(c2ccccc2)CC1. The predicted octanol–water partition coefficient (Wildman–Crippen LogP) is 1.56. The second-order valence-corrected chi connectivity index (χ2v) is 6.63. The number of para-hydroxylation sites is 1. The Kier molecular flexibility index (Phi) is 4.84. The van der Waals surface area contributed by atoms with E-state index in [4.69, 9.17) is 4.42 Å². The van der Waals surface area contributed by atoms with E-state index in [1.165, 1.54) is 6.26 Å². The monoisotopic (exact) mass is 380 g/mol. The van der Waals surface area contributed by atoms with Crippen molar-refractivity contribution in [1.82, 2.24) is 15.1 Å². The van der Waals surface area contributed by atoms with Crippen molar-refractivity contribution >= 4 is 23.5 Å². The number of urea groups is 1. The first kappa shape index (κ1) is 17.8. The van der Waals surface area contributed by atoms with Crippen LogP contribution in [-0.4, -0.2) is 53.8 Å². The van der Waals surface area contributed by atoms with E-state index in [1.807, 2.05) is 23.1 Å². The van der Waals surface area contributed by atoms with E-state index in [9.17, 15) is 14.4 Å². The van der Waals surface area contributed by atoms with Crippen LogP contribution in [0.4, 0.5) is 10.5 Å². The fourth-order valence-electron chi connectivity index (χ4n) is 3.31. The molecule has 0 spiro atoms. The molecular weight excluding hydrogens is 360 g/mol. The minimum Gasteiger partial charge on any atom is -0.467 e. The summed E-state index contributed by atoms with van der Waals surface area (Å²) in [5, 5.41) is 2.23. The lowest BCUT2D eigenvalue weighted by molar-refractivity contribution is -0.130. The number of carbonyl (C=O) groups excluding carboxylic acids is 3. The lowest BCUT2D eigenvalue weighted by Gasteiger charge is -2.36. The van der Waals surface area contributed by atoms with Gasteiger partial charge in [0.1, 0.15) is 11.3 Å². The van der Waals surface area contributed by atoms with E-state index >= 15 is 0 Å². The highest BCUT2D eigenvalue weighted by atomic mass is 16.3. The molecule has 0 radical (unpaired) electrons. The first-order valence-electron chi connectivity index (χ1n) is 9.07. The van der Waals surface area contributed by atoms with Gasteiger partial charge < -0.3 is 14.2 Å². The fraction of sp³-hybridized carbons (Fsp3) is 0.250. The zero-order valence-electron chi connectivity index (χ0n) is 15.2. The minimum atomic E-state index is -0.738. The summed E-state index contributed by atoms with van der Waals surface area (Å²) in [7, 11) is 0. The number of nitrogens with one attached hydrogen (secondary N) is 1. The molecule has 1 aromatic heterocycles. The zero-order valence-corrected chi connectivity index (χ0v) is 15.2. The molecule has 3 heterocycles. The Balaban J connectivity index is 1.45. The van der Waals surface area contributed by atoms with Crippen LogP contribution in [0.1, 0.15) is 5.76 Å². The largest absolute Gasteiger partial charge is 0.467 e. The van der Waals surface area contributed by atoms with Gasteiger partial charge in [-0.3, -0.25) is 19.8 Å². The summed E-state index contributed by atoms with van der Waals surface area (Å²) in [5.41, 5.74) is 1.11. The standard InChI is InChI=1S/C20H20N4O4/c25-18-17(19(26)24(20(27)21-18)13-16-7-4-12-28-16)14-22-8-10-23(11-9-22)15-5-2-1-3-6-15/h1-7,12,14H,8-11,13H2,(H,21,25,27)/b17-14-. The maximum atomic E-state index is 12.7. The molecule has 0 aliphatic carbocycles. The highest BCUT2D eigenvalue weighted by molar-refractivity contribution is 6.28. The topological polar surface area (TPSA) is 86.1 Å². The molecule has 2 aromatic rings. The Morgan fingerprint density at radius 3 is 2.39 bits per heavy atom. The van der Waals surface area contributed by atoms with E-state index < -0.39 is 17.8 Å². The van der Waals surface area contributed by atoms with Crippen LogP contribution in [0.2, 0.25) is 0 Å². The lowest BCUT2D eigenvalue weighted by Crippen LogP contribution is -2.54. The molecule has 8 heteroatoms. The van der Waals surface area contributed by atoms with Gasteiger partial charge >= 0.3 is 6.03 Å². The van der Waals surface area contributed by atoms with Crippen LogP contribution in [-0.2, 0) is 16.1 Å². The highest BCUT2D eigenvalue weighted by Gasteiger charge is 2.36. The van der Waals surface area contributed by atoms with Crippen molar-refractivity contribution in [2.75, 3.05) is 31.1 Å². The van der Waals surface area contributed by atoms with E-state index in [1.54, 1.807) is 18.3 Å². The first-order valence-corrected chi connectivity index (χ1v) is 9.07. The molecule has 0 bridgehead atoms. The van der Waals surface area contributed by atoms with Gasteiger partial charge in [0.2, 0.25) is 0 Å². The molecule has 4 amide bonds. The van der Waals surface area contributed by atoms with Gasteiger partial charge in [0.15, 0.2) is 0 Å². The van der Waals surface area contributed by atoms with Gasteiger partial charge in [-0.05, 0) is 24.3 Å². The summed E-state index contributed by atoms with van der Waals surface area (Å²) in [6.45, 7) is 2.87. The van der Waals surface area contributed by atoms with Crippen molar-refractivity contribution in [3.8, 4) is 0 Å². The fourth-order valence-corrected chi connectivity index (χ4v) is 3.31. The number of hydrogen-bond donors (Lipinski definition) is 1. The number of barbiturate groups is 1. The maximum absolute atomic E-state index is 12.7. The number of rotatable bonds is 4. The van der Waals surface area contributed by atoms with Crippen molar-refractivity contribution < 1.29 is 18.8 Å². The third-order valence-electron chi connectivity index (χ3n) is 4.83. The van der Waals surface area contributed by atoms with Crippen LogP contribution in [0.5, 0.6) is 0 Å². The normalized spacial score (nSPS) is 19.4. The molecule has 2 aliphatic heterocycles. The van der Waals surface area contributed by atoms with Gasteiger partial charge in [-0.2, -0.15) is 0 Å². The van der Waals surface area contributed by atoms with E-state index in [-0.39, 0.29) is 12.1 Å². The summed E-state index contributed by atoms with van der Waals surface area (Å²) < 4.78 is 5.20. The molecule has 2 aliphatic rings. The number of anilines is 1. The molecule has 0 saturated carbocycles. The third kappa shape index (κ3) is 3.62. The van der Waals surface area contributed by atoms with Crippen molar-refractivity contribution in [3.05, 3.63) is 66.3 Å². The average Bonchev–Trinajstić information content (AvgIpc) is 3.23. The summed E-state index contributed by atoms with van der Waals surface area (Å²) in [4.78, 5) is 42.2. The second-order valence-electron chi connectivity index (χ2n) is 6.63. The first-order chi connectivity index (χ1) is 13.6. The van der Waals surface area contributed by atoms with Crippen LogP contribution >= 0.6 is 0 Å². The maximum Gasteiger partial charge on any atom is 0.331 e. The molecular formula is C20H20N4O4. The minimum absolute atomic E-state index is 0.0237. The van der Waals surface area contributed by atoms with Gasteiger partial charge in [-0.15, -0.1) is 0 Å². The van der Waals surface area contributed by atoms with E-state index in [0.29, 0.717) is 18.8 Å². The number of carbonyl (C=O) groups is 3. The number of hydrogen-bond acceptors (Lipinski definition) is 6. The van der Waals surface area contributed by atoms with Gasteiger partial charge in [-0.25, -0.2) is 4.79 Å². The predicted molar refractivity (Wildman–Crippen MR) is 101 cm³/mol. The van der Waals surface area contributed by atoms with E-state index in [2.05, 4.69) is 22.3 Å². The number of nitrogens with zero attached hydrogens (tertiary/aromatic N) is 3. The number of amides is 4. The van der Waals surface area contributed by atoms with Crippen molar-refractivity contribution in [2.24, 2.45) is 0 Å². The van der Waals surface area contributed by atoms with Crippen molar-refractivity contribution in [2.45, 2.75) is 6.54 Å². The quantitative estimate of drug-likeness (QED) is 0.640. The number of imide groups is 2. The molecule has 2 fully saturated rings. The van der Waals surface area contributed by atoms with Gasteiger partial charge in [0, 0.05) is 38.1 Å². The Bertz CT molecular complexity index is 900. The van der Waals surface area contributed by atoms with Crippen LogP contribution in [0.15, 0.2) is 64.9 Å². The summed E-state index contributed by atoms with van der Waals surface area (Å²) in [5.74, 6) is -0.819. The average molecular weight is 380 g/mol. The van der Waals surface area contributed by atoms with Crippen LogP contribution in [0.3, 0.4) is 0 Å². The molecule has 28 heavy (non-hydrogen) atoms. The van der Waals surface area contributed by atoms with Gasteiger partial charge in [-0.1, -0.05) is 18.2 Å². The second kappa shape index (κ2) is 7.59. The molecule has 1 aromatic carbocycles. The summed E-state index contributed by atoms with van der Waals surface area (Å²) in [6.07, 6.45) is 3.03. The molecule has 144 valence electrons. The molecule has 4 rings (SSSR count). The van der Waals surface area contributed by atoms with Gasteiger partial charge in [0.05, 0.1) is 12.8 Å². The van der Waals surface area contributed by atoms with Crippen LogP contribution in [0, 0.1) is 0 Å².